The maximum atomic E-state index is 14.0. The second-order valence-electron chi connectivity index (χ2n) is 9.88. The summed E-state index contributed by atoms with van der Waals surface area (Å²) in [5.74, 6) is 1.35. The average Bonchev–Trinajstić information content (AvgIpc) is 3.33. The first-order chi connectivity index (χ1) is 21.4. The minimum absolute atomic E-state index is 0.203. The van der Waals surface area contributed by atoms with Gasteiger partial charge in [0, 0.05) is 0 Å². The van der Waals surface area contributed by atoms with Crippen LogP contribution in [0, 0.1) is 0 Å². The van der Waals surface area contributed by atoms with Gasteiger partial charge in [-0.05, 0) is 67.8 Å². The van der Waals surface area contributed by atoms with Crippen molar-refractivity contribution in [2.45, 2.75) is 33.4 Å². The van der Waals surface area contributed by atoms with E-state index in [9.17, 15) is 9.59 Å². The van der Waals surface area contributed by atoms with E-state index >= 15 is 0 Å². The van der Waals surface area contributed by atoms with E-state index in [4.69, 9.17) is 18.9 Å². The molecule has 0 bridgehead atoms. The van der Waals surface area contributed by atoms with E-state index in [1.54, 1.807) is 30.6 Å². The largest absolute Gasteiger partial charge is 0.490 e. The van der Waals surface area contributed by atoms with Crippen LogP contribution < -0.4 is 29.1 Å². The fourth-order valence-corrected chi connectivity index (χ4v) is 5.94. The van der Waals surface area contributed by atoms with Gasteiger partial charge in [0.15, 0.2) is 16.3 Å². The van der Waals surface area contributed by atoms with Crippen LogP contribution in [-0.2, 0) is 16.1 Å². The summed E-state index contributed by atoms with van der Waals surface area (Å²) >= 11 is 1.27. The molecule has 1 aromatic heterocycles. The van der Waals surface area contributed by atoms with Gasteiger partial charge in [0.2, 0.25) is 0 Å². The summed E-state index contributed by atoms with van der Waals surface area (Å²) in [6, 6.07) is 22.1. The number of rotatable bonds is 12. The number of fused-ring (bicyclic) bond motifs is 1. The second kappa shape index (κ2) is 14.1. The Kier molecular flexibility index (Phi) is 9.76. The minimum atomic E-state index is -0.714. The van der Waals surface area contributed by atoms with Gasteiger partial charge in [-0.15, -0.1) is 0 Å². The van der Waals surface area contributed by atoms with E-state index in [1.807, 2.05) is 79.7 Å². The third-order valence-electron chi connectivity index (χ3n) is 6.88. The first-order valence-corrected chi connectivity index (χ1v) is 15.2. The van der Waals surface area contributed by atoms with Crippen LogP contribution in [0.3, 0.4) is 0 Å². The number of carbonyl (C=O) groups excluding carboxylic acids is 1. The van der Waals surface area contributed by atoms with Crippen molar-refractivity contribution in [2.24, 2.45) is 4.99 Å². The third kappa shape index (κ3) is 6.68. The Morgan fingerprint density at radius 2 is 1.75 bits per heavy atom. The second-order valence-corrected chi connectivity index (χ2v) is 10.9. The standard InChI is InChI=1S/C35H34N2O6S/c1-5-19-42-27-16-14-26(15-17-27)32-31(34(39)41-7-3)23(4)36-35-37(32)33(38)30(44-35)21-25-13-18-28(29(20-25)40-6-2)43-22-24-11-9-8-10-12-24/h5,8-18,20-21,32H,1,6-7,19,22H2,2-4H3/b30-21-/t32-/m1/s1. The lowest BCUT2D eigenvalue weighted by Crippen LogP contribution is -2.39. The summed E-state index contributed by atoms with van der Waals surface area (Å²) in [6.45, 7) is 10.5. The maximum Gasteiger partial charge on any atom is 0.338 e. The van der Waals surface area contributed by atoms with Gasteiger partial charge in [0.05, 0.1) is 35.1 Å². The summed E-state index contributed by atoms with van der Waals surface area (Å²) in [4.78, 5) is 32.3. The molecule has 44 heavy (non-hydrogen) atoms. The zero-order valence-corrected chi connectivity index (χ0v) is 25.8. The number of hydrogen-bond donors (Lipinski definition) is 0. The summed E-state index contributed by atoms with van der Waals surface area (Å²) in [5.41, 5.74) is 3.12. The monoisotopic (exact) mass is 610 g/mol. The van der Waals surface area contributed by atoms with Crippen LogP contribution in [0.15, 0.2) is 107 Å². The zero-order valence-electron chi connectivity index (χ0n) is 24.9. The van der Waals surface area contributed by atoms with Gasteiger partial charge in [-0.25, -0.2) is 9.79 Å². The van der Waals surface area contributed by atoms with E-state index in [1.165, 1.54) is 11.3 Å². The lowest BCUT2D eigenvalue weighted by molar-refractivity contribution is -0.139. The van der Waals surface area contributed by atoms with Crippen molar-refractivity contribution in [1.29, 1.82) is 0 Å². The molecule has 0 saturated carbocycles. The topological polar surface area (TPSA) is 88.4 Å². The van der Waals surface area contributed by atoms with Crippen LogP contribution in [0.2, 0.25) is 0 Å². The lowest BCUT2D eigenvalue weighted by Gasteiger charge is -2.24. The molecule has 9 heteroatoms. The maximum absolute atomic E-state index is 14.0. The molecule has 0 unspecified atom stereocenters. The Labute approximate surface area is 259 Å². The number of carbonyl (C=O) groups is 1. The summed E-state index contributed by atoms with van der Waals surface area (Å²) in [7, 11) is 0. The molecule has 1 atom stereocenters. The molecule has 8 nitrogen and oxygen atoms in total. The number of aromatic nitrogens is 1. The molecule has 226 valence electrons. The Morgan fingerprint density at radius 3 is 2.45 bits per heavy atom. The molecular weight excluding hydrogens is 576 g/mol. The summed E-state index contributed by atoms with van der Waals surface area (Å²) in [5, 5.41) is 0. The molecule has 0 amide bonds. The van der Waals surface area contributed by atoms with Crippen LogP contribution in [-0.4, -0.2) is 30.4 Å². The van der Waals surface area contributed by atoms with E-state index in [0.29, 0.717) is 57.7 Å². The number of esters is 1. The van der Waals surface area contributed by atoms with E-state index in [0.717, 1.165) is 16.7 Å². The molecule has 0 saturated heterocycles. The molecule has 2 heterocycles. The first kappa shape index (κ1) is 30.6. The smallest absolute Gasteiger partial charge is 0.338 e. The van der Waals surface area contributed by atoms with Crippen LogP contribution in [0.4, 0.5) is 0 Å². The Bertz CT molecular complexity index is 1860. The highest BCUT2D eigenvalue weighted by Crippen LogP contribution is 2.32. The van der Waals surface area contributed by atoms with Crippen LogP contribution in [0.1, 0.15) is 43.5 Å². The Hall–Kier alpha value is -4.89. The highest BCUT2D eigenvalue weighted by atomic mass is 32.1. The SMILES string of the molecule is C=CCOc1ccc([C@@H]2C(C(=O)OCC)=C(C)N=c3s/c(=C\c4ccc(OCc5ccccc5)c(OCC)c4)c(=O)n32)cc1. The predicted molar refractivity (Wildman–Crippen MR) is 171 cm³/mol. The number of thiazole rings is 1. The van der Waals surface area contributed by atoms with Gasteiger partial charge in [0.1, 0.15) is 19.0 Å². The lowest BCUT2D eigenvalue weighted by atomic mass is 9.96. The molecule has 5 rings (SSSR count). The average molecular weight is 611 g/mol. The van der Waals surface area contributed by atoms with Crippen molar-refractivity contribution in [3.63, 3.8) is 0 Å². The first-order valence-electron chi connectivity index (χ1n) is 14.4. The predicted octanol–water partition coefficient (Wildman–Crippen LogP) is 5.34. The van der Waals surface area contributed by atoms with Crippen molar-refractivity contribution in [1.82, 2.24) is 4.57 Å². The number of nitrogens with zero attached hydrogens (tertiary/aromatic N) is 2. The van der Waals surface area contributed by atoms with Crippen molar-refractivity contribution < 1.29 is 23.7 Å². The molecular formula is C35H34N2O6S. The number of hydrogen-bond acceptors (Lipinski definition) is 8. The zero-order chi connectivity index (χ0) is 31.1. The number of benzene rings is 3. The molecule has 1 aliphatic rings. The molecule has 0 N–H and O–H groups in total. The van der Waals surface area contributed by atoms with Crippen molar-refractivity contribution >= 4 is 23.4 Å². The molecule has 0 radical (unpaired) electrons. The van der Waals surface area contributed by atoms with Crippen molar-refractivity contribution in [3.05, 3.63) is 133 Å². The Balaban J connectivity index is 1.55. The third-order valence-corrected chi connectivity index (χ3v) is 7.87. The van der Waals surface area contributed by atoms with Gasteiger partial charge >= 0.3 is 5.97 Å². The van der Waals surface area contributed by atoms with Gasteiger partial charge in [-0.1, -0.05) is 72.5 Å². The number of ether oxygens (including phenoxy) is 4. The molecule has 3 aromatic carbocycles. The van der Waals surface area contributed by atoms with Gasteiger partial charge in [0.25, 0.3) is 5.56 Å². The van der Waals surface area contributed by atoms with Crippen molar-refractivity contribution in [2.75, 3.05) is 19.8 Å². The van der Waals surface area contributed by atoms with Crippen LogP contribution in [0.5, 0.6) is 17.2 Å². The highest BCUT2D eigenvalue weighted by molar-refractivity contribution is 7.07. The molecule has 0 spiro atoms. The minimum Gasteiger partial charge on any atom is -0.490 e. The molecule has 0 fully saturated rings. The summed E-state index contributed by atoms with van der Waals surface area (Å²) < 4.78 is 25.0. The van der Waals surface area contributed by atoms with E-state index in [2.05, 4.69) is 11.6 Å². The molecule has 4 aromatic rings. The van der Waals surface area contributed by atoms with Crippen molar-refractivity contribution in [3.8, 4) is 17.2 Å². The van der Waals surface area contributed by atoms with E-state index < -0.39 is 12.0 Å². The van der Waals surface area contributed by atoms with Gasteiger partial charge in [-0.2, -0.15) is 0 Å². The fourth-order valence-electron chi connectivity index (χ4n) is 4.90. The summed E-state index contributed by atoms with van der Waals surface area (Å²) in [6.07, 6.45) is 3.47. The quantitative estimate of drug-likeness (QED) is 0.159. The molecule has 0 aliphatic carbocycles. The van der Waals surface area contributed by atoms with Gasteiger partial charge in [-0.3, -0.25) is 9.36 Å². The van der Waals surface area contributed by atoms with Crippen LogP contribution >= 0.6 is 11.3 Å². The molecule has 1 aliphatic heterocycles. The highest BCUT2D eigenvalue weighted by Gasteiger charge is 2.33. The Morgan fingerprint density at radius 1 is 0.977 bits per heavy atom. The number of allylic oxidation sites excluding steroid dienone is 1. The van der Waals surface area contributed by atoms with Crippen LogP contribution in [0.25, 0.3) is 6.08 Å². The van der Waals surface area contributed by atoms with E-state index in [-0.39, 0.29) is 12.2 Å². The van der Waals surface area contributed by atoms with Gasteiger partial charge < -0.3 is 18.9 Å². The normalized spacial score (nSPS) is 14.4. The fraction of sp³-hybridized carbons (Fsp3) is 0.229.